The smallest absolute Gasteiger partial charge is 0.488 e. The zero-order chi connectivity index (χ0) is 15.2. The van der Waals surface area contributed by atoms with Crippen LogP contribution in [0.5, 0.6) is 11.5 Å². The molecule has 110 valence electrons. The van der Waals surface area contributed by atoms with Crippen molar-refractivity contribution in [1.82, 2.24) is 0 Å². The maximum absolute atomic E-state index is 9.09. The van der Waals surface area contributed by atoms with E-state index < -0.39 is 7.12 Å². The summed E-state index contributed by atoms with van der Waals surface area (Å²) in [5.41, 5.74) is 1.39. The quantitative estimate of drug-likeness (QED) is 0.631. The third-order valence-corrected chi connectivity index (χ3v) is 3.15. The Morgan fingerprint density at radius 1 is 1.05 bits per heavy atom. The van der Waals surface area contributed by atoms with E-state index in [4.69, 9.17) is 31.1 Å². The highest BCUT2D eigenvalue weighted by atomic mass is 35.5. The van der Waals surface area contributed by atoms with Crippen LogP contribution in [0.3, 0.4) is 0 Å². The van der Waals surface area contributed by atoms with Crippen LogP contribution < -0.4 is 14.9 Å². The molecule has 0 fully saturated rings. The van der Waals surface area contributed by atoms with Crippen molar-refractivity contribution in [2.75, 3.05) is 13.2 Å². The third kappa shape index (κ3) is 4.67. The SMILES string of the molecule is Cc1ccc(Cl)cc1OCCOc1cccc(B(O)O)c1. The predicted molar refractivity (Wildman–Crippen MR) is 83.4 cm³/mol. The summed E-state index contributed by atoms with van der Waals surface area (Å²) in [6.07, 6.45) is 0. The van der Waals surface area contributed by atoms with Crippen molar-refractivity contribution in [3.8, 4) is 11.5 Å². The Bertz CT molecular complexity index is 604. The molecule has 0 aliphatic carbocycles. The molecule has 21 heavy (non-hydrogen) atoms. The molecule has 0 aliphatic rings. The summed E-state index contributed by atoms with van der Waals surface area (Å²) in [5.74, 6) is 1.29. The molecule has 0 unspecified atom stereocenters. The van der Waals surface area contributed by atoms with Gasteiger partial charge in [-0.1, -0.05) is 29.8 Å². The molecular formula is C15H16BClO4. The Balaban J connectivity index is 1.84. The molecule has 4 nitrogen and oxygen atoms in total. The zero-order valence-corrected chi connectivity index (χ0v) is 12.4. The van der Waals surface area contributed by atoms with Gasteiger partial charge in [-0.15, -0.1) is 0 Å². The van der Waals surface area contributed by atoms with Gasteiger partial charge in [0.25, 0.3) is 0 Å². The first-order chi connectivity index (χ1) is 10.1. The lowest BCUT2D eigenvalue weighted by atomic mass is 9.80. The largest absolute Gasteiger partial charge is 0.490 e. The lowest BCUT2D eigenvalue weighted by Gasteiger charge is -2.11. The number of ether oxygens (including phenoxy) is 2. The van der Waals surface area contributed by atoms with Gasteiger partial charge in [-0.05, 0) is 42.2 Å². The minimum absolute atomic E-state index is 0.344. The maximum atomic E-state index is 9.09. The fourth-order valence-electron chi connectivity index (χ4n) is 1.81. The fraction of sp³-hybridized carbons (Fsp3) is 0.200. The van der Waals surface area contributed by atoms with E-state index in [1.807, 2.05) is 19.1 Å². The lowest BCUT2D eigenvalue weighted by molar-refractivity contribution is 0.216. The molecule has 0 heterocycles. The van der Waals surface area contributed by atoms with Crippen LogP contribution in [0.2, 0.25) is 5.02 Å². The Kier molecular flexibility index (Phi) is 5.50. The van der Waals surface area contributed by atoms with Crippen LogP contribution in [0.15, 0.2) is 42.5 Å². The Labute approximate surface area is 129 Å². The highest BCUT2D eigenvalue weighted by Gasteiger charge is 2.11. The first-order valence-corrected chi connectivity index (χ1v) is 6.92. The van der Waals surface area contributed by atoms with Gasteiger partial charge >= 0.3 is 7.12 Å². The molecule has 2 N–H and O–H groups in total. The van der Waals surface area contributed by atoms with Gasteiger partial charge in [-0.25, -0.2) is 0 Å². The Hall–Kier alpha value is -1.69. The fourth-order valence-corrected chi connectivity index (χ4v) is 1.97. The maximum Gasteiger partial charge on any atom is 0.488 e. The predicted octanol–water partition coefficient (Wildman–Crippen LogP) is 1.79. The van der Waals surface area contributed by atoms with E-state index in [1.54, 1.807) is 30.3 Å². The number of hydrogen-bond donors (Lipinski definition) is 2. The summed E-state index contributed by atoms with van der Waals surface area (Å²) in [5, 5.41) is 18.8. The van der Waals surface area contributed by atoms with Crippen LogP contribution >= 0.6 is 11.6 Å². The molecule has 0 saturated carbocycles. The summed E-state index contributed by atoms with van der Waals surface area (Å²) in [6, 6.07) is 12.1. The van der Waals surface area contributed by atoms with E-state index in [1.165, 1.54) is 0 Å². The van der Waals surface area contributed by atoms with Crippen LogP contribution in [0.25, 0.3) is 0 Å². The van der Waals surface area contributed by atoms with Crippen LogP contribution in [0, 0.1) is 6.92 Å². The molecule has 0 saturated heterocycles. The second kappa shape index (κ2) is 7.36. The summed E-state index contributed by atoms with van der Waals surface area (Å²) in [6.45, 7) is 2.66. The van der Waals surface area contributed by atoms with E-state index in [0.29, 0.717) is 29.4 Å². The van der Waals surface area contributed by atoms with Crippen LogP contribution in [0.4, 0.5) is 0 Å². The molecular weight excluding hydrogens is 290 g/mol. The highest BCUT2D eigenvalue weighted by Crippen LogP contribution is 2.22. The number of rotatable bonds is 6. The summed E-state index contributed by atoms with van der Waals surface area (Å²) in [4.78, 5) is 0. The molecule has 0 spiro atoms. The van der Waals surface area contributed by atoms with Gasteiger partial charge < -0.3 is 19.5 Å². The molecule has 0 bridgehead atoms. The van der Waals surface area contributed by atoms with Crippen molar-refractivity contribution in [2.45, 2.75) is 6.92 Å². The number of halogens is 1. The molecule has 2 rings (SSSR count). The van der Waals surface area contributed by atoms with Crippen molar-refractivity contribution in [3.63, 3.8) is 0 Å². The lowest BCUT2D eigenvalue weighted by Crippen LogP contribution is -2.29. The summed E-state index contributed by atoms with van der Waals surface area (Å²) < 4.78 is 11.1. The van der Waals surface area contributed by atoms with Crippen molar-refractivity contribution in [2.24, 2.45) is 0 Å². The van der Waals surface area contributed by atoms with Crippen LogP contribution in [-0.2, 0) is 0 Å². The van der Waals surface area contributed by atoms with Crippen LogP contribution in [0.1, 0.15) is 5.56 Å². The minimum atomic E-state index is -1.50. The normalized spacial score (nSPS) is 10.3. The van der Waals surface area contributed by atoms with E-state index in [2.05, 4.69) is 0 Å². The molecule has 0 aromatic heterocycles. The number of benzene rings is 2. The van der Waals surface area contributed by atoms with Gasteiger partial charge in [0.2, 0.25) is 0 Å². The molecule has 0 aliphatic heterocycles. The zero-order valence-electron chi connectivity index (χ0n) is 11.6. The average molecular weight is 307 g/mol. The van der Waals surface area contributed by atoms with Gasteiger partial charge in [0.15, 0.2) is 0 Å². The second-order valence-corrected chi connectivity index (χ2v) is 4.99. The Morgan fingerprint density at radius 2 is 1.81 bits per heavy atom. The third-order valence-electron chi connectivity index (χ3n) is 2.92. The van der Waals surface area contributed by atoms with Gasteiger partial charge in [-0.3, -0.25) is 0 Å². The molecule has 0 amide bonds. The molecule has 6 heteroatoms. The van der Waals surface area contributed by atoms with E-state index in [-0.39, 0.29) is 0 Å². The molecule has 0 atom stereocenters. The van der Waals surface area contributed by atoms with E-state index in [0.717, 1.165) is 11.3 Å². The monoisotopic (exact) mass is 306 g/mol. The minimum Gasteiger partial charge on any atom is -0.490 e. The number of hydrogen-bond acceptors (Lipinski definition) is 4. The van der Waals surface area contributed by atoms with Gasteiger partial charge in [0, 0.05) is 5.02 Å². The van der Waals surface area contributed by atoms with E-state index in [9.17, 15) is 0 Å². The summed E-state index contributed by atoms with van der Waals surface area (Å²) in [7, 11) is -1.50. The first-order valence-electron chi connectivity index (χ1n) is 6.54. The molecule has 2 aromatic carbocycles. The second-order valence-electron chi connectivity index (χ2n) is 4.55. The van der Waals surface area contributed by atoms with Gasteiger partial charge in [0.1, 0.15) is 24.7 Å². The standard InChI is InChI=1S/C15H16BClO4/c1-11-5-6-13(17)10-15(11)21-8-7-20-14-4-2-3-12(9-14)16(18)19/h2-6,9-10,18-19H,7-8H2,1H3. The molecule has 0 radical (unpaired) electrons. The van der Waals surface area contributed by atoms with Crippen molar-refractivity contribution in [1.29, 1.82) is 0 Å². The highest BCUT2D eigenvalue weighted by molar-refractivity contribution is 6.58. The average Bonchev–Trinajstić information content (AvgIpc) is 2.47. The van der Waals surface area contributed by atoms with Gasteiger partial charge in [0.05, 0.1) is 0 Å². The van der Waals surface area contributed by atoms with E-state index >= 15 is 0 Å². The van der Waals surface area contributed by atoms with Crippen molar-refractivity contribution < 1.29 is 19.5 Å². The van der Waals surface area contributed by atoms with Crippen molar-refractivity contribution >= 4 is 24.2 Å². The number of aryl methyl sites for hydroxylation is 1. The molecule has 2 aromatic rings. The Morgan fingerprint density at radius 3 is 2.57 bits per heavy atom. The first kappa shape index (κ1) is 15.7. The van der Waals surface area contributed by atoms with Crippen LogP contribution in [-0.4, -0.2) is 30.4 Å². The topological polar surface area (TPSA) is 58.9 Å². The van der Waals surface area contributed by atoms with Gasteiger partial charge in [-0.2, -0.15) is 0 Å². The van der Waals surface area contributed by atoms with Crippen molar-refractivity contribution in [3.05, 3.63) is 53.1 Å². The summed E-state index contributed by atoms with van der Waals surface area (Å²) >= 11 is 5.91.